The summed E-state index contributed by atoms with van der Waals surface area (Å²) in [5, 5.41) is 0.406. The molecule has 1 fully saturated rings. The highest BCUT2D eigenvalue weighted by Crippen LogP contribution is 2.31. The Kier molecular flexibility index (Phi) is 7.29. The number of ether oxygens (including phenoxy) is 1. The maximum atomic E-state index is 13.5. The van der Waals surface area contributed by atoms with Crippen LogP contribution >= 0.6 is 11.3 Å². The third kappa shape index (κ3) is 5.06. The van der Waals surface area contributed by atoms with E-state index in [1.54, 1.807) is 11.1 Å². The lowest BCUT2D eigenvalue weighted by molar-refractivity contribution is 0.0271. The number of amides is 2. The molecule has 2 N–H and O–H groups in total. The third-order valence-electron chi connectivity index (χ3n) is 6.45. The van der Waals surface area contributed by atoms with E-state index >= 15 is 0 Å². The molecule has 8 heteroatoms. The molecule has 0 spiro atoms. The van der Waals surface area contributed by atoms with Crippen molar-refractivity contribution in [3.63, 3.8) is 0 Å². The van der Waals surface area contributed by atoms with Gasteiger partial charge in [-0.1, -0.05) is 42.7 Å². The van der Waals surface area contributed by atoms with Gasteiger partial charge in [0.2, 0.25) is 0 Å². The lowest BCUT2D eigenvalue weighted by atomic mass is 9.90. The van der Waals surface area contributed by atoms with Gasteiger partial charge in [0, 0.05) is 20.1 Å². The fourth-order valence-corrected chi connectivity index (χ4v) is 5.36. The van der Waals surface area contributed by atoms with Gasteiger partial charge in [0.05, 0.1) is 17.8 Å². The van der Waals surface area contributed by atoms with Crippen molar-refractivity contribution in [2.75, 3.05) is 25.9 Å². The molecule has 0 radical (unpaired) electrons. The van der Waals surface area contributed by atoms with E-state index in [1.807, 2.05) is 36.2 Å². The molecule has 7 nitrogen and oxygen atoms in total. The van der Waals surface area contributed by atoms with Crippen LogP contribution in [0.3, 0.4) is 0 Å². The van der Waals surface area contributed by atoms with Gasteiger partial charge < -0.3 is 20.3 Å². The Labute approximate surface area is 193 Å². The Balaban J connectivity index is 1.67. The molecule has 2 aromatic rings. The van der Waals surface area contributed by atoms with Crippen LogP contribution in [0.4, 0.5) is 5.13 Å². The standard InChI is InChI=1S/C24H32N4O3S/c1-27-14-8-2-3-9-15-28(23(30)21-16-26-24(25)32-21)18-11-5-7-13-20(18)31-19-12-6-4-10-17(19)22(27)29/h4,6,10,12,16,18,20H,2-3,5,7-9,11,13-15H2,1H3,(H2,25,26)/t18-,20+/m1/s1. The number of rotatable bonds is 1. The molecule has 2 aliphatic rings. The fourth-order valence-electron chi connectivity index (χ4n) is 4.72. The van der Waals surface area contributed by atoms with Crippen molar-refractivity contribution in [2.45, 2.75) is 63.5 Å². The number of benzene rings is 1. The van der Waals surface area contributed by atoms with Crippen LogP contribution in [0.15, 0.2) is 30.5 Å². The summed E-state index contributed by atoms with van der Waals surface area (Å²) >= 11 is 1.24. The number of para-hydroxylation sites is 1. The van der Waals surface area contributed by atoms with Crippen molar-refractivity contribution in [1.82, 2.24) is 14.8 Å². The van der Waals surface area contributed by atoms with Crippen molar-refractivity contribution in [3.8, 4) is 5.75 Å². The number of hydrogen-bond donors (Lipinski definition) is 1. The minimum absolute atomic E-state index is 0.0157. The molecular formula is C24H32N4O3S. The van der Waals surface area contributed by atoms with Gasteiger partial charge in [-0.15, -0.1) is 0 Å². The summed E-state index contributed by atoms with van der Waals surface area (Å²) in [5.74, 6) is 0.571. The molecule has 1 aliphatic carbocycles. The lowest BCUT2D eigenvalue weighted by Crippen LogP contribution is -2.51. The molecule has 2 amide bonds. The molecule has 32 heavy (non-hydrogen) atoms. The van der Waals surface area contributed by atoms with Crippen molar-refractivity contribution < 1.29 is 14.3 Å². The Bertz CT molecular complexity index is 947. The van der Waals surface area contributed by atoms with Crippen LogP contribution in [0.2, 0.25) is 0 Å². The minimum Gasteiger partial charge on any atom is -0.487 e. The number of thiazole rings is 1. The highest BCUT2D eigenvalue weighted by atomic mass is 32.1. The third-order valence-corrected chi connectivity index (χ3v) is 7.26. The summed E-state index contributed by atoms with van der Waals surface area (Å²) in [6, 6.07) is 7.44. The SMILES string of the molecule is CN1CCCCCCN(C(=O)c2cnc(N)s2)[C@@H]2CCCC[C@@H]2Oc2ccccc2C1=O. The summed E-state index contributed by atoms with van der Waals surface area (Å²) in [7, 11) is 1.86. The average Bonchev–Trinajstić information content (AvgIpc) is 3.24. The second kappa shape index (κ2) is 10.3. The second-order valence-electron chi connectivity index (χ2n) is 8.71. The van der Waals surface area contributed by atoms with E-state index in [4.69, 9.17) is 10.5 Å². The number of carbonyl (C=O) groups excluding carboxylic acids is 2. The van der Waals surface area contributed by atoms with E-state index in [0.717, 1.165) is 51.4 Å². The number of aromatic nitrogens is 1. The summed E-state index contributed by atoms with van der Waals surface area (Å²) in [6.45, 7) is 1.40. The molecule has 4 rings (SSSR count). The number of nitrogens with two attached hydrogens (primary N) is 1. The Morgan fingerprint density at radius 3 is 2.62 bits per heavy atom. The fraction of sp³-hybridized carbons (Fsp3) is 0.542. The van der Waals surface area contributed by atoms with E-state index in [2.05, 4.69) is 4.98 Å². The van der Waals surface area contributed by atoms with Crippen LogP contribution in [0, 0.1) is 0 Å². The molecule has 1 aromatic heterocycles. The summed E-state index contributed by atoms with van der Waals surface area (Å²) in [4.78, 5) is 35.0. The van der Waals surface area contributed by atoms with Crippen molar-refractivity contribution in [3.05, 3.63) is 40.9 Å². The Morgan fingerprint density at radius 1 is 1.09 bits per heavy atom. The molecular weight excluding hydrogens is 424 g/mol. The maximum absolute atomic E-state index is 13.5. The number of fused-ring (bicyclic) bond motifs is 2. The quantitative estimate of drug-likeness (QED) is 0.695. The number of nitrogens with zero attached hydrogens (tertiary/aromatic N) is 3. The van der Waals surface area contributed by atoms with Gasteiger partial charge in [0.15, 0.2) is 5.13 Å². The molecule has 2 heterocycles. The van der Waals surface area contributed by atoms with E-state index in [1.165, 1.54) is 11.3 Å². The van der Waals surface area contributed by atoms with Gasteiger partial charge >= 0.3 is 0 Å². The number of carbonyl (C=O) groups is 2. The van der Waals surface area contributed by atoms with Crippen LogP contribution in [0.5, 0.6) is 5.75 Å². The first kappa shape index (κ1) is 22.6. The highest BCUT2D eigenvalue weighted by molar-refractivity contribution is 7.17. The first-order valence-electron chi connectivity index (χ1n) is 11.6. The zero-order valence-electron chi connectivity index (χ0n) is 18.7. The van der Waals surface area contributed by atoms with E-state index in [0.29, 0.717) is 34.4 Å². The van der Waals surface area contributed by atoms with Gasteiger partial charge in [-0.3, -0.25) is 9.59 Å². The normalized spacial score (nSPS) is 23.0. The average molecular weight is 457 g/mol. The van der Waals surface area contributed by atoms with Crippen LogP contribution in [0.1, 0.15) is 71.4 Å². The zero-order chi connectivity index (χ0) is 22.5. The maximum Gasteiger partial charge on any atom is 0.266 e. The largest absolute Gasteiger partial charge is 0.487 e. The minimum atomic E-state index is -0.153. The van der Waals surface area contributed by atoms with E-state index < -0.39 is 0 Å². The number of hydrogen-bond acceptors (Lipinski definition) is 6. The number of nitrogen functional groups attached to an aromatic ring is 1. The molecule has 2 atom stereocenters. The van der Waals surface area contributed by atoms with Crippen LogP contribution in [-0.4, -0.2) is 58.9 Å². The predicted octanol–water partition coefficient (Wildman–Crippen LogP) is 4.20. The lowest BCUT2D eigenvalue weighted by Gasteiger charge is -2.40. The van der Waals surface area contributed by atoms with Crippen LogP contribution in [0.25, 0.3) is 0 Å². The van der Waals surface area contributed by atoms with Crippen LogP contribution < -0.4 is 10.5 Å². The Hall–Kier alpha value is -2.61. The topological polar surface area (TPSA) is 88.8 Å². The molecule has 1 aromatic carbocycles. The van der Waals surface area contributed by atoms with Gasteiger partial charge in [-0.25, -0.2) is 4.98 Å². The van der Waals surface area contributed by atoms with Crippen molar-refractivity contribution in [1.29, 1.82) is 0 Å². The summed E-state index contributed by atoms with van der Waals surface area (Å²) < 4.78 is 6.51. The van der Waals surface area contributed by atoms with E-state index in [-0.39, 0.29) is 24.0 Å². The van der Waals surface area contributed by atoms with Crippen molar-refractivity contribution >= 4 is 28.3 Å². The Morgan fingerprint density at radius 2 is 1.84 bits per heavy atom. The monoisotopic (exact) mass is 456 g/mol. The second-order valence-corrected chi connectivity index (χ2v) is 9.77. The van der Waals surface area contributed by atoms with Crippen LogP contribution in [-0.2, 0) is 0 Å². The molecule has 0 unspecified atom stereocenters. The molecule has 0 saturated heterocycles. The van der Waals surface area contributed by atoms with Gasteiger partial charge in [-0.2, -0.15) is 0 Å². The zero-order valence-corrected chi connectivity index (χ0v) is 19.5. The van der Waals surface area contributed by atoms with Gasteiger partial charge in [0.1, 0.15) is 16.7 Å². The summed E-state index contributed by atoms with van der Waals surface area (Å²) in [5.41, 5.74) is 6.39. The molecule has 172 valence electrons. The summed E-state index contributed by atoms with van der Waals surface area (Å²) in [6.07, 6.45) is 9.20. The highest BCUT2D eigenvalue weighted by Gasteiger charge is 2.36. The first-order valence-corrected chi connectivity index (χ1v) is 12.4. The predicted molar refractivity (Wildman–Crippen MR) is 126 cm³/mol. The smallest absolute Gasteiger partial charge is 0.266 e. The molecule has 0 bridgehead atoms. The van der Waals surface area contributed by atoms with Crippen molar-refractivity contribution in [2.24, 2.45) is 0 Å². The van der Waals surface area contributed by atoms with Gasteiger partial charge in [-0.05, 0) is 44.2 Å². The van der Waals surface area contributed by atoms with E-state index in [9.17, 15) is 9.59 Å². The van der Waals surface area contributed by atoms with Gasteiger partial charge in [0.25, 0.3) is 11.8 Å². The molecule has 1 saturated carbocycles. The first-order chi connectivity index (χ1) is 15.5. The molecule has 1 aliphatic heterocycles. The number of anilines is 1.